The van der Waals surface area contributed by atoms with Crippen molar-refractivity contribution in [1.29, 1.82) is 0 Å². The highest BCUT2D eigenvalue weighted by Crippen LogP contribution is 2.25. The van der Waals surface area contributed by atoms with Gasteiger partial charge in [-0.05, 0) is 13.8 Å². The van der Waals surface area contributed by atoms with E-state index in [1.165, 1.54) is 11.3 Å². The van der Waals surface area contributed by atoms with E-state index >= 15 is 0 Å². The van der Waals surface area contributed by atoms with Crippen molar-refractivity contribution in [2.75, 3.05) is 44.2 Å². The molecule has 0 aliphatic carbocycles. The lowest BCUT2D eigenvalue weighted by atomic mass is 10.1. The summed E-state index contributed by atoms with van der Waals surface area (Å²) in [5.74, 6) is -1.01. The molecule has 0 saturated carbocycles. The predicted molar refractivity (Wildman–Crippen MR) is 99.1 cm³/mol. The molecule has 2 fully saturated rings. The largest absolute Gasteiger partial charge is 0.476 e. The first kappa shape index (κ1) is 18.9. The molecule has 0 spiro atoms. The summed E-state index contributed by atoms with van der Waals surface area (Å²) >= 11 is 1.34. The van der Waals surface area contributed by atoms with Crippen LogP contribution in [0.2, 0.25) is 0 Å². The van der Waals surface area contributed by atoms with Crippen molar-refractivity contribution >= 4 is 28.5 Å². The Morgan fingerprint density at radius 1 is 1.19 bits per heavy atom. The summed E-state index contributed by atoms with van der Waals surface area (Å²) < 4.78 is 5.68. The average Bonchev–Trinajstić information content (AvgIpc) is 3.13. The molecule has 2 saturated heterocycles. The van der Waals surface area contributed by atoms with Gasteiger partial charge >= 0.3 is 12.1 Å². The first-order valence-corrected chi connectivity index (χ1v) is 9.95. The summed E-state index contributed by atoms with van der Waals surface area (Å²) in [6.07, 6.45) is 1.18. The van der Waals surface area contributed by atoms with E-state index < -0.39 is 5.97 Å². The van der Waals surface area contributed by atoms with Crippen LogP contribution in [-0.2, 0) is 4.74 Å². The Kier molecular flexibility index (Phi) is 5.98. The van der Waals surface area contributed by atoms with Gasteiger partial charge in [0.25, 0.3) is 0 Å². The van der Waals surface area contributed by atoms with E-state index in [4.69, 9.17) is 9.84 Å². The molecule has 3 rings (SSSR count). The van der Waals surface area contributed by atoms with Gasteiger partial charge < -0.3 is 19.6 Å². The maximum Gasteiger partial charge on any atom is 0.410 e. The summed E-state index contributed by atoms with van der Waals surface area (Å²) in [5, 5.41) is 11.2. The monoisotopic (exact) mass is 382 g/mol. The molecule has 2 aliphatic heterocycles. The number of carbonyl (C=O) groups excluding carboxylic acids is 1. The third-order valence-corrected chi connectivity index (χ3v) is 5.90. The maximum atomic E-state index is 12.4. The third kappa shape index (κ3) is 4.45. The second-order valence-electron chi connectivity index (χ2n) is 7.01. The van der Waals surface area contributed by atoms with Crippen LogP contribution in [0.15, 0.2) is 5.38 Å². The van der Waals surface area contributed by atoms with E-state index in [-0.39, 0.29) is 17.9 Å². The SMILES string of the molecule is CC(C)N1CCN(C(=O)OC2CCN(c3nc(C(=O)O)cs3)CC2)CC1. The van der Waals surface area contributed by atoms with Gasteiger partial charge in [0.2, 0.25) is 0 Å². The van der Waals surface area contributed by atoms with Crippen LogP contribution >= 0.6 is 11.3 Å². The Balaban J connectivity index is 1.43. The van der Waals surface area contributed by atoms with Crippen molar-refractivity contribution in [3.63, 3.8) is 0 Å². The number of thiazole rings is 1. The number of carboxylic acid groups (broad SMARTS) is 1. The summed E-state index contributed by atoms with van der Waals surface area (Å²) in [7, 11) is 0. The lowest BCUT2D eigenvalue weighted by Gasteiger charge is -2.37. The molecule has 9 heteroatoms. The van der Waals surface area contributed by atoms with Gasteiger partial charge in [0, 0.05) is 63.5 Å². The number of nitrogens with zero attached hydrogens (tertiary/aromatic N) is 4. The molecule has 1 aromatic heterocycles. The number of hydrogen-bond acceptors (Lipinski definition) is 7. The van der Waals surface area contributed by atoms with Crippen molar-refractivity contribution < 1.29 is 19.4 Å². The van der Waals surface area contributed by atoms with Crippen LogP contribution in [0.3, 0.4) is 0 Å². The fourth-order valence-electron chi connectivity index (χ4n) is 3.31. The van der Waals surface area contributed by atoms with Gasteiger partial charge in [0.15, 0.2) is 10.8 Å². The fraction of sp³-hybridized carbons (Fsp3) is 0.706. The van der Waals surface area contributed by atoms with Gasteiger partial charge in [0.1, 0.15) is 6.10 Å². The van der Waals surface area contributed by atoms with Crippen molar-refractivity contribution in [3.8, 4) is 0 Å². The maximum absolute atomic E-state index is 12.4. The molecule has 0 unspecified atom stereocenters. The van der Waals surface area contributed by atoms with Crippen LogP contribution in [0.4, 0.5) is 9.93 Å². The molecule has 0 bridgehead atoms. The minimum atomic E-state index is -1.01. The Morgan fingerprint density at radius 3 is 2.38 bits per heavy atom. The van der Waals surface area contributed by atoms with Gasteiger partial charge in [-0.25, -0.2) is 14.6 Å². The zero-order valence-corrected chi connectivity index (χ0v) is 16.1. The van der Waals surface area contributed by atoms with Crippen molar-refractivity contribution in [2.24, 2.45) is 0 Å². The second-order valence-corrected chi connectivity index (χ2v) is 7.84. The molecule has 0 radical (unpaired) electrons. The molecule has 144 valence electrons. The lowest BCUT2D eigenvalue weighted by molar-refractivity contribution is 0.0337. The highest BCUT2D eigenvalue weighted by atomic mass is 32.1. The van der Waals surface area contributed by atoms with Crippen LogP contribution in [-0.4, -0.2) is 83.4 Å². The average molecular weight is 382 g/mol. The zero-order chi connectivity index (χ0) is 18.7. The summed E-state index contributed by atoms with van der Waals surface area (Å²) in [6.45, 7) is 8.98. The topological polar surface area (TPSA) is 86.2 Å². The number of ether oxygens (including phenoxy) is 1. The van der Waals surface area contributed by atoms with Crippen LogP contribution in [0, 0.1) is 0 Å². The van der Waals surface area contributed by atoms with Crippen molar-refractivity contribution in [2.45, 2.75) is 38.8 Å². The number of carboxylic acids is 1. The molecule has 1 N–H and O–H groups in total. The van der Waals surface area contributed by atoms with Gasteiger partial charge in [-0.15, -0.1) is 11.3 Å². The minimum Gasteiger partial charge on any atom is -0.476 e. The quantitative estimate of drug-likeness (QED) is 0.852. The summed E-state index contributed by atoms with van der Waals surface area (Å²) in [5.41, 5.74) is 0.0825. The second kappa shape index (κ2) is 8.22. The number of piperidine rings is 1. The zero-order valence-electron chi connectivity index (χ0n) is 15.3. The van der Waals surface area contributed by atoms with Gasteiger partial charge in [0.05, 0.1) is 0 Å². The number of carbonyl (C=O) groups is 2. The standard InChI is InChI=1S/C17H26N4O4S/c1-12(2)19-7-9-21(10-8-19)17(24)25-13-3-5-20(6-4-13)16-18-14(11-26-16)15(22)23/h11-13H,3-10H2,1-2H3,(H,22,23). The van der Waals surface area contributed by atoms with Crippen molar-refractivity contribution in [3.05, 3.63) is 11.1 Å². The van der Waals surface area contributed by atoms with E-state index in [0.29, 0.717) is 32.2 Å². The van der Waals surface area contributed by atoms with Crippen LogP contribution in [0.1, 0.15) is 37.2 Å². The van der Waals surface area contributed by atoms with E-state index in [1.807, 2.05) is 0 Å². The van der Waals surface area contributed by atoms with Gasteiger partial charge in [-0.1, -0.05) is 0 Å². The molecule has 0 atom stereocenters. The first-order chi connectivity index (χ1) is 12.4. The van der Waals surface area contributed by atoms with Crippen LogP contribution in [0.25, 0.3) is 0 Å². The van der Waals surface area contributed by atoms with E-state index in [9.17, 15) is 9.59 Å². The Bertz CT molecular complexity index is 634. The Hall–Kier alpha value is -1.87. The molecule has 1 amide bonds. The molecule has 2 aliphatic rings. The number of anilines is 1. The third-order valence-electron chi connectivity index (χ3n) is 4.99. The summed E-state index contributed by atoms with van der Waals surface area (Å²) in [6, 6.07) is 0.505. The minimum absolute atomic E-state index is 0.0825. The molecule has 3 heterocycles. The lowest BCUT2D eigenvalue weighted by Crippen LogP contribution is -2.51. The molecular formula is C17H26N4O4S. The molecule has 8 nitrogen and oxygen atoms in total. The van der Waals surface area contributed by atoms with Crippen LogP contribution in [0.5, 0.6) is 0 Å². The normalized spacial score (nSPS) is 19.8. The number of aromatic carboxylic acids is 1. The van der Waals surface area contributed by atoms with Gasteiger partial charge in [-0.2, -0.15) is 0 Å². The molecule has 26 heavy (non-hydrogen) atoms. The molecule has 1 aromatic rings. The number of rotatable bonds is 4. The Labute approximate surface area is 157 Å². The van der Waals surface area contributed by atoms with E-state index in [1.54, 1.807) is 10.3 Å². The number of piperazine rings is 1. The molecular weight excluding hydrogens is 356 g/mol. The Morgan fingerprint density at radius 2 is 1.85 bits per heavy atom. The first-order valence-electron chi connectivity index (χ1n) is 9.07. The van der Waals surface area contributed by atoms with E-state index in [0.717, 1.165) is 31.1 Å². The summed E-state index contributed by atoms with van der Waals surface area (Å²) in [4.78, 5) is 33.7. The molecule has 0 aromatic carbocycles. The fourth-order valence-corrected chi connectivity index (χ4v) is 4.16. The predicted octanol–water partition coefficient (Wildman–Crippen LogP) is 1.97. The van der Waals surface area contributed by atoms with Crippen LogP contribution < -0.4 is 4.90 Å². The highest BCUT2D eigenvalue weighted by molar-refractivity contribution is 7.13. The van der Waals surface area contributed by atoms with E-state index in [2.05, 4.69) is 28.6 Å². The number of hydrogen-bond donors (Lipinski definition) is 1. The highest BCUT2D eigenvalue weighted by Gasteiger charge is 2.28. The van der Waals surface area contributed by atoms with Crippen molar-refractivity contribution in [1.82, 2.24) is 14.8 Å². The smallest absolute Gasteiger partial charge is 0.410 e. The number of amides is 1. The number of aromatic nitrogens is 1. The van der Waals surface area contributed by atoms with Gasteiger partial charge in [-0.3, -0.25) is 4.90 Å².